The van der Waals surface area contributed by atoms with Crippen molar-refractivity contribution in [2.45, 2.75) is 37.3 Å². The molecule has 1 saturated carbocycles. The topological polar surface area (TPSA) is 74.7 Å². The predicted octanol–water partition coefficient (Wildman–Crippen LogP) is 1.12. The van der Waals surface area contributed by atoms with Crippen molar-refractivity contribution < 1.29 is 14.6 Å². The summed E-state index contributed by atoms with van der Waals surface area (Å²) >= 11 is 0. The van der Waals surface area contributed by atoms with E-state index < -0.39 is 6.04 Å². The molecule has 0 amide bonds. The number of hydrogen-bond donors (Lipinski definition) is 2. The van der Waals surface area contributed by atoms with Crippen molar-refractivity contribution in [3.63, 3.8) is 0 Å². The van der Waals surface area contributed by atoms with Crippen LogP contribution >= 0.6 is 0 Å². The molecule has 1 atom stereocenters. The quantitative estimate of drug-likeness (QED) is 0.729. The number of ether oxygens (including phenoxy) is 1. The van der Waals surface area contributed by atoms with E-state index in [0.29, 0.717) is 0 Å². The van der Waals surface area contributed by atoms with E-state index >= 15 is 0 Å². The molecule has 1 saturated heterocycles. The molecule has 0 aromatic carbocycles. The number of aliphatic hydroxyl groups excluding tert-OH is 1. The fourth-order valence-electron chi connectivity index (χ4n) is 3.43. The zero-order valence-corrected chi connectivity index (χ0v) is 14.3. The van der Waals surface area contributed by atoms with Gasteiger partial charge >= 0.3 is 5.97 Å². The lowest BCUT2D eigenvalue weighted by Gasteiger charge is -2.43. The molecule has 1 unspecified atom stereocenters. The highest BCUT2D eigenvalue weighted by Gasteiger charge is 2.39. The summed E-state index contributed by atoms with van der Waals surface area (Å²) in [6.07, 6.45) is 7.67. The van der Waals surface area contributed by atoms with E-state index in [0.717, 1.165) is 44.0 Å². The highest BCUT2D eigenvalue weighted by Crippen LogP contribution is 2.32. The zero-order chi connectivity index (χ0) is 17.0. The molecule has 24 heavy (non-hydrogen) atoms. The minimum atomic E-state index is -0.427. The third kappa shape index (κ3) is 3.94. The lowest BCUT2D eigenvalue weighted by molar-refractivity contribution is -0.148. The first-order valence-electron chi connectivity index (χ1n) is 8.75. The van der Waals surface area contributed by atoms with Gasteiger partial charge in [0, 0.05) is 31.0 Å². The van der Waals surface area contributed by atoms with E-state index in [1.807, 2.05) is 12.1 Å². The molecule has 1 aliphatic carbocycles. The van der Waals surface area contributed by atoms with Crippen LogP contribution in [0.25, 0.3) is 0 Å². The van der Waals surface area contributed by atoms with Crippen molar-refractivity contribution in [2.75, 3.05) is 33.4 Å². The fraction of sp³-hybridized carbons (Fsp3) is 0.667. The molecule has 0 spiro atoms. The van der Waals surface area contributed by atoms with Crippen LogP contribution in [0, 0.1) is 5.92 Å². The number of carbonyl (C=O) groups is 1. The van der Waals surface area contributed by atoms with E-state index in [1.54, 1.807) is 12.4 Å². The van der Waals surface area contributed by atoms with Gasteiger partial charge in [-0.1, -0.05) is 6.07 Å². The number of rotatable bonds is 7. The van der Waals surface area contributed by atoms with Crippen LogP contribution < -0.4 is 5.32 Å². The normalized spacial score (nSPS) is 22.1. The van der Waals surface area contributed by atoms with Crippen LogP contribution in [0.1, 0.15) is 37.3 Å². The molecule has 1 aromatic rings. The summed E-state index contributed by atoms with van der Waals surface area (Å²) in [6, 6.07) is 3.32. The Morgan fingerprint density at radius 3 is 2.79 bits per heavy atom. The van der Waals surface area contributed by atoms with Crippen molar-refractivity contribution in [2.24, 2.45) is 5.92 Å². The minimum Gasteiger partial charge on any atom is -0.468 e. The van der Waals surface area contributed by atoms with E-state index in [1.165, 1.54) is 20.0 Å². The number of pyridine rings is 1. The number of carbonyl (C=O) groups excluding carboxylic acids is 1. The Hall–Kier alpha value is -1.50. The summed E-state index contributed by atoms with van der Waals surface area (Å²) in [5, 5.41) is 13.5. The number of hydrogen-bond acceptors (Lipinski definition) is 6. The second-order valence-corrected chi connectivity index (χ2v) is 7.01. The van der Waals surface area contributed by atoms with Crippen molar-refractivity contribution in [1.82, 2.24) is 15.2 Å². The van der Waals surface area contributed by atoms with Gasteiger partial charge in [-0.05, 0) is 49.8 Å². The molecule has 1 aromatic heterocycles. The number of nitrogens with one attached hydrogen (secondary N) is 1. The standard InChI is InChI=1S/C18H27N3O3/c1-24-17(23)16(15-3-2-8-19-12-15)21-9-6-18(13-22,7-10-21)20-11-14-4-5-14/h2-3,8,12,14,16,20,22H,4-7,9-11,13H2,1H3. The van der Waals surface area contributed by atoms with E-state index in [-0.39, 0.29) is 18.1 Å². The van der Waals surface area contributed by atoms with Gasteiger partial charge < -0.3 is 15.2 Å². The predicted molar refractivity (Wildman–Crippen MR) is 90.3 cm³/mol. The molecule has 0 radical (unpaired) electrons. The van der Waals surface area contributed by atoms with Gasteiger partial charge in [-0.15, -0.1) is 0 Å². The summed E-state index contributed by atoms with van der Waals surface area (Å²) in [5.41, 5.74) is 0.640. The highest BCUT2D eigenvalue weighted by atomic mass is 16.5. The number of piperidine rings is 1. The summed E-state index contributed by atoms with van der Waals surface area (Å²) in [4.78, 5) is 18.6. The summed E-state index contributed by atoms with van der Waals surface area (Å²) in [5.74, 6) is 0.523. The number of methoxy groups -OCH3 is 1. The van der Waals surface area contributed by atoms with Gasteiger partial charge in [0.15, 0.2) is 0 Å². The first-order valence-corrected chi connectivity index (χ1v) is 8.75. The van der Waals surface area contributed by atoms with Crippen LogP contribution in [0.3, 0.4) is 0 Å². The van der Waals surface area contributed by atoms with Crippen LogP contribution in [-0.4, -0.2) is 59.8 Å². The molecule has 3 rings (SSSR count). The number of aromatic nitrogens is 1. The van der Waals surface area contributed by atoms with E-state index in [9.17, 15) is 9.90 Å². The molecule has 2 N–H and O–H groups in total. The smallest absolute Gasteiger partial charge is 0.327 e. The third-order valence-corrected chi connectivity index (χ3v) is 5.31. The number of aliphatic hydroxyl groups is 1. The van der Waals surface area contributed by atoms with Crippen LogP contribution in [0.2, 0.25) is 0 Å². The van der Waals surface area contributed by atoms with Gasteiger partial charge in [0.25, 0.3) is 0 Å². The molecule has 2 heterocycles. The molecule has 132 valence electrons. The van der Waals surface area contributed by atoms with Gasteiger partial charge in [-0.3, -0.25) is 9.88 Å². The Bertz CT molecular complexity index is 540. The Labute approximate surface area is 143 Å². The van der Waals surface area contributed by atoms with Crippen molar-refractivity contribution >= 4 is 5.97 Å². The van der Waals surface area contributed by atoms with Crippen molar-refractivity contribution in [3.8, 4) is 0 Å². The van der Waals surface area contributed by atoms with Gasteiger partial charge in [0.1, 0.15) is 6.04 Å². The van der Waals surface area contributed by atoms with Gasteiger partial charge in [-0.2, -0.15) is 0 Å². The molecule has 1 aliphatic heterocycles. The molecule has 0 bridgehead atoms. The van der Waals surface area contributed by atoms with Gasteiger partial charge in [0.2, 0.25) is 0 Å². The average molecular weight is 333 g/mol. The van der Waals surface area contributed by atoms with Crippen LogP contribution in [-0.2, 0) is 9.53 Å². The van der Waals surface area contributed by atoms with Crippen molar-refractivity contribution in [1.29, 1.82) is 0 Å². The number of likely N-dealkylation sites (tertiary alicyclic amines) is 1. The minimum absolute atomic E-state index is 0.142. The van der Waals surface area contributed by atoms with Crippen molar-refractivity contribution in [3.05, 3.63) is 30.1 Å². The Balaban J connectivity index is 1.66. The summed E-state index contributed by atoms with van der Waals surface area (Å²) in [6.45, 7) is 2.62. The Morgan fingerprint density at radius 1 is 1.50 bits per heavy atom. The molecule has 6 nitrogen and oxygen atoms in total. The average Bonchev–Trinajstić information content (AvgIpc) is 3.47. The second kappa shape index (κ2) is 7.59. The highest BCUT2D eigenvalue weighted by molar-refractivity contribution is 5.77. The fourth-order valence-corrected chi connectivity index (χ4v) is 3.43. The molecular formula is C18H27N3O3. The first-order chi connectivity index (χ1) is 11.7. The molecule has 6 heteroatoms. The zero-order valence-electron chi connectivity index (χ0n) is 14.3. The summed E-state index contributed by atoms with van der Waals surface area (Å²) < 4.78 is 5.01. The third-order valence-electron chi connectivity index (χ3n) is 5.31. The lowest BCUT2D eigenvalue weighted by atomic mass is 9.87. The van der Waals surface area contributed by atoms with Crippen LogP contribution in [0.15, 0.2) is 24.5 Å². The SMILES string of the molecule is COC(=O)C(c1cccnc1)N1CCC(CO)(NCC2CC2)CC1. The van der Waals surface area contributed by atoms with Gasteiger partial charge in [0.05, 0.1) is 13.7 Å². The Kier molecular flexibility index (Phi) is 5.48. The maximum atomic E-state index is 12.3. The van der Waals surface area contributed by atoms with Gasteiger partial charge in [-0.25, -0.2) is 4.79 Å². The Morgan fingerprint density at radius 2 is 2.25 bits per heavy atom. The first kappa shape index (κ1) is 17.3. The van der Waals surface area contributed by atoms with Crippen LogP contribution in [0.4, 0.5) is 0 Å². The van der Waals surface area contributed by atoms with E-state index in [2.05, 4.69) is 15.2 Å². The summed E-state index contributed by atoms with van der Waals surface area (Å²) in [7, 11) is 1.42. The molecule has 2 fully saturated rings. The van der Waals surface area contributed by atoms with Crippen LogP contribution in [0.5, 0.6) is 0 Å². The maximum Gasteiger partial charge on any atom is 0.327 e. The maximum absolute atomic E-state index is 12.3. The molecular weight excluding hydrogens is 306 g/mol. The number of esters is 1. The second-order valence-electron chi connectivity index (χ2n) is 7.01. The largest absolute Gasteiger partial charge is 0.468 e. The van der Waals surface area contributed by atoms with E-state index in [4.69, 9.17) is 4.74 Å². The number of nitrogens with zero attached hydrogens (tertiary/aromatic N) is 2. The lowest BCUT2D eigenvalue weighted by Crippen LogP contribution is -2.57. The molecule has 2 aliphatic rings. The monoisotopic (exact) mass is 333 g/mol.